The summed E-state index contributed by atoms with van der Waals surface area (Å²) < 4.78 is 39.9. The molecule has 0 saturated carbocycles. The van der Waals surface area contributed by atoms with Crippen molar-refractivity contribution >= 4 is 5.69 Å². The predicted molar refractivity (Wildman–Crippen MR) is 93.4 cm³/mol. The van der Waals surface area contributed by atoms with Gasteiger partial charge in [-0.05, 0) is 12.1 Å². The molecule has 2 bridgehead atoms. The van der Waals surface area contributed by atoms with E-state index in [0.717, 1.165) is 32.7 Å². The fraction of sp³-hybridized carbons (Fsp3) is 0.556. The average molecular weight is 377 g/mol. The Hall–Kier alpha value is -2.10. The van der Waals surface area contributed by atoms with E-state index in [1.54, 1.807) is 4.90 Å². The summed E-state index contributed by atoms with van der Waals surface area (Å²) in [7, 11) is 0. The minimum atomic E-state index is -0.627. The molecule has 0 N–H and O–H groups in total. The van der Waals surface area contributed by atoms with Crippen LogP contribution >= 0.6 is 0 Å². The number of hydrogen-bond acceptors (Lipinski definition) is 7. The molecule has 2 aromatic rings. The van der Waals surface area contributed by atoms with Gasteiger partial charge in [-0.15, -0.1) is 0 Å². The van der Waals surface area contributed by atoms with Crippen LogP contribution in [0.2, 0.25) is 0 Å². The van der Waals surface area contributed by atoms with Crippen molar-refractivity contribution in [1.29, 1.82) is 0 Å². The van der Waals surface area contributed by atoms with Crippen LogP contribution in [0.25, 0.3) is 11.5 Å². The molecular weight excluding hydrogens is 356 g/mol. The second-order valence-corrected chi connectivity index (χ2v) is 7.20. The van der Waals surface area contributed by atoms with E-state index in [4.69, 9.17) is 9.26 Å². The summed E-state index contributed by atoms with van der Waals surface area (Å²) in [5.74, 6) is -0.530. The van der Waals surface area contributed by atoms with Crippen LogP contribution in [0.15, 0.2) is 16.7 Å². The van der Waals surface area contributed by atoms with Gasteiger partial charge < -0.3 is 14.2 Å². The predicted octanol–water partition coefficient (Wildman–Crippen LogP) is 1.52. The monoisotopic (exact) mass is 377 g/mol. The number of fused-ring (bicyclic) bond motifs is 3. The third-order valence-electron chi connectivity index (χ3n) is 5.61. The minimum Gasteiger partial charge on any atom is -0.378 e. The molecule has 4 aliphatic heterocycles. The second-order valence-electron chi connectivity index (χ2n) is 7.20. The highest BCUT2D eigenvalue weighted by Gasteiger charge is 2.35. The maximum absolute atomic E-state index is 14.6. The summed E-state index contributed by atoms with van der Waals surface area (Å²) in [5.41, 5.74) is 0.238. The number of piperazine rings is 3. The van der Waals surface area contributed by atoms with Gasteiger partial charge in [-0.2, -0.15) is 4.98 Å². The number of anilines is 1. The van der Waals surface area contributed by atoms with Gasteiger partial charge in [-0.1, -0.05) is 5.16 Å². The zero-order chi connectivity index (χ0) is 18.4. The molecule has 4 aliphatic rings. The van der Waals surface area contributed by atoms with Crippen molar-refractivity contribution in [3.05, 3.63) is 29.6 Å². The van der Waals surface area contributed by atoms with E-state index >= 15 is 0 Å². The molecule has 1 aromatic heterocycles. The van der Waals surface area contributed by atoms with E-state index in [9.17, 15) is 8.78 Å². The Labute approximate surface area is 155 Å². The molecule has 0 radical (unpaired) electrons. The summed E-state index contributed by atoms with van der Waals surface area (Å²) in [5, 5.41) is 4.08. The normalized spacial score (nSPS) is 27.9. The van der Waals surface area contributed by atoms with E-state index in [0.29, 0.717) is 32.1 Å². The van der Waals surface area contributed by atoms with Crippen molar-refractivity contribution in [2.24, 2.45) is 0 Å². The molecule has 7 nitrogen and oxygen atoms in total. The van der Waals surface area contributed by atoms with Crippen LogP contribution in [0, 0.1) is 11.6 Å². The SMILES string of the molecule is Fc1cc(-c2nc(C3CN4CCN3CC4)no2)cc(F)c1N1CCOCC1. The van der Waals surface area contributed by atoms with E-state index in [2.05, 4.69) is 19.9 Å². The van der Waals surface area contributed by atoms with Crippen molar-refractivity contribution in [2.45, 2.75) is 6.04 Å². The molecule has 5 heterocycles. The van der Waals surface area contributed by atoms with Crippen LogP contribution in [0.5, 0.6) is 0 Å². The van der Waals surface area contributed by atoms with Gasteiger partial charge >= 0.3 is 0 Å². The Balaban J connectivity index is 1.41. The first-order chi connectivity index (χ1) is 13.2. The Kier molecular flexibility index (Phi) is 4.30. The molecule has 6 rings (SSSR count). The second kappa shape index (κ2) is 6.81. The molecule has 1 unspecified atom stereocenters. The lowest BCUT2D eigenvalue weighted by Crippen LogP contribution is -2.57. The standard InChI is InChI=1S/C18H21F2N5O2/c19-13-9-12(10-14(20)16(13)25-5-7-26-8-6-25)18-21-17(22-27-18)15-11-23-1-3-24(15)4-2-23/h9-10,15H,1-8,11H2. The molecule has 1 atom stereocenters. The number of halogens is 2. The van der Waals surface area contributed by atoms with E-state index < -0.39 is 11.6 Å². The topological polar surface area (TPSA) is 57.9 Å². The van der Waals surface area contributed by atoms with Crippen LogP contribution in [-0.2, 0) is 4.74 Å². The minimum absolute atomic E-state index is 0.0229. The average Bonchev–Trinajstić information content (AvgIpc) is 3.19. The molecule has 9 heteroatoms. The van der Waals surface area contributed by atoms with Gasteiger partial charge in [0.2, 0.25) is 0 Å². The first-order valence-corrected chi connectivity index (χ1v) is 9.31. The molecule has 0 spiro atoms. The van der Waals surface area contributed by atoms with Gasteiger partial charge in [0.05, 0.1) is 19.3 Å². The number of aromatic nitrogens is 2. The molecule has 4 saturated heterocycles. The Morgan fingerprint density at radius 1 is 0.963 bits per heavy atom. The number of ether oxygens (including phenoxy) is 1. The molecule has 144 valence electrons. The van der Waals surface area contributed by atoms with Gasteiger partial charge in [-0.25, -0.2) is 8.78 Å². The zero-order valence-corrected chi connectivity index (χ0v) is 14.9. The van der Waals surface area contributed by atoms with Crippen LogP contribution in [-0.4, -0.2) is 79.0 Å². The van der Waals surface area contributed by atoms with Gasteiger partial charge in [0.15, 0.2) is 5.82 Å². The maximum Gasteiger partial charge on any atom is 0.258 e. The van der Waals surface area contributed by atoms with Gasteiger partial charge in [0.1, 0.15) is 17.3 Å². The fourth-order valence-corrected chi connectivity index (χ4v) is 4.13. The lowest BCUT2D eigenvalue weighted by Gasteiger charge is -2.46. The van der Waals surface area contributed by atoms with Gasteiger partial charge in [0.25, 0.3) is 5.89 Å². The Morgan fingerprint density at radius 2 is 1.67 bits per heavy atom. The number of benzene rings is 1. The summed E-state index contributed by atoms with van der Waals surface area (Å²) in [6, 6.07) is 2.61. The summed E-state index contributed by atoms with van der Waals surface area (Å²) in [6.45, 7) is 6.78. The highest BCUT2D eigenvalue weighted by Crippen LogP contribution is 2.32. The van der Waals surface area contributed by atoms with Crippen molar-refractivity contribution in [2.75, 3.05) is 63.9 Å². The molecular formula is C18H21F2N5O2. The fourth-order valence-electron chi connectivity index (χ4n) is 4.13. The van der Waals surface area contributed by atoms with Gasteiger partial charge in [-0.3, -0.25) is 9.80 Å². The molecule has 0 aliphatic carbocycles. The molecule has 0 amide bonds. The molecule has 1 aromatic carbocycles. The lowest BCUT2D eigenvalue weighted by molar-refractivity contribution is 0.00781. The Bertz CT molecular complexity index is 808. The van der Waals surface area contributed by atoms with Crippen LogP contribution in [0.3, 0.4) is 0 Å². The van der Waals surface area contributed by atoms with E-state index in [1.165, 1.54) is 12.1 Å². The number of hydrogen-bond donors (Lipinski definition) is 0. The molecule has 4 fully saturated rings. The van der Waals surface area contributed by atoms with Crippen molar-refractivity contribution in [3.63, 3.8) is 0 Å². The third kappa shape index (κ3) is 3.09. The highest BCUT2D eigenvalue weighted by atomic mass is 19.1. The molecule has 27 heavy (non-hydrogen) atoms. The van der Waals surface area contributed by atoms with Crippen LogP contribution < -0.4 is 4.90 Å². The number of morpholine rings is 1. The third-order valence-corrected chi connectivity index (χ3v) is 5.61. The smallest absolute Gasteiger partial charge is 0.258 e. The maximum atomic E-state index is 14.6. The summed E-state index contributed by atoms with van der Waals surface area (Å²) >= 11 is 0. The number of nitrogens with zero attached hydrogens (tertiary/aromatic N) is 5. The van der Waals surface area contributed by atoms with Crippen molar-refractivity contribution in [3.8, 4) is 11.5 Å². The van der Waals surface area contributed by atoms with E-state index in [1.807, 2.05) is 0 Å². The van der Waals surface area contributed by atoms with Crippen molar-refractivity contribution in [1.82, 2.24) is 19.9 Å². The Morgan fingerprint density at radius 3 is 2.30 bits per heavy atom. The first kappa shape index (κ1) is 17.0. The number of rotatable bonds is 3. The summed E-state index contributed by atoms with van der Waals surface area (Å²) in [4.78, 5) is 10.8. The largest absolute Gasteiger partial charge is 0.378 e. The summed E-state index contributed by atoms with van der Waals surface area (Å²) in [6.07, 6.45) is 0. The zero-order valence-electron chi connectivity index (χ0n) is 14.9. The van der Waals surface area contributed by atoms with Crippen molar-refractivity contribution < 1.29 is 18.0 Å². The quantitative estimate of drug-likeness (QED) is 0.804. The van der Waals surface area contributed by atoms with Crippen LogP contribution in [0.1, 0.15) is 11.9 Å². The van der Waals surface area contributed by atoms with E-state index in [-0.39, 0.29) is 23.2 Å². The lowest BCUT2D eigenvalue weighted by atomic mass is 10.1. The first-order valence-electron chi connectivity index (χ1n) is 9.31. The van der Waals surface area contributed by atoms with Gasteiger partial charge in [0, 0.05) is 51.4 Å². The highest BCUT2D eigenvalue weighted by molar-refractivity contribution is 5.61. The van der Waals surface area contributed by atoms with Crippen LogP contribution in [0.4, 0.5) is 14.5 Å².